The first-order chi connectivity index (χ1) is 23.2. The average molecular weight is 665 g/mol. The number of aromatic amines is 1. The molecule has 13 heteroatoms. The molecule has 4 aromatic rings. The van der Waals surface area contributed by atoms with E-state index in [1.807, 2.05) is 41.3 Å². The number of H-pyrrole nitrogens is 1. The van der Waals surface area contributed by atoms with Crippen molar-refractivity contribution in [1.82, 2.24) is 29.7 Å². The fourth-order valence-electron chi connectivity index (χ4n) is 6.83. The highest BCUT2D eigenvalue weighted by Gasteiger charge is 2.44. The van der Waals surface area contributed by atoms with Crippen LogP contribution in [0.4, 0.5) is 13.2 Å². The van der Waals surface area contributed by atoms with E-state index < -0.39 is 12.8 Å². The minimum Gasteiger partial charge on any atom is -0.481 e. The van der Waals surface area contributed by atoms with Gasteiger partial charge >= 0.3 is 12.2 Å². The lowest BCUT2D eigenvalue weighted by atomic mass is 9.81. The van der Waals surface area contributed by atoms with Crippen molar-refractivity contribution in [3.8, 4) is 17.8 Å². The van der Waals surface area contributed by atoms with Crippen molar-refractivity contribution < 1.29 is 32.2 Å². The Morgan fingerprint density at radius 3 is 2.21 bits per heavy atom. The summed E-state index contributed by atoms with van der Waals surface area (Å²) in [6, 6.07) is 24.0. The van der Waals surface area contributed by atoms with E-state index in [2.05, 4.69) is 49.0 Å². The molecule has 2 aromatic heterocycles. The number of hydrogen-bond donors (Lipinski definition) is 1. The van der Waals surface area contributed by atoms with Crippen molar-refractivity contribution in [2.45, 2.75) is 37.6 Å². The molecule has 2 unspecified atom stereocenters. The molecule has 1 amide bonds. The van der Waals surface area contributed by atoms with E-state index in [1.165, 1.54) is 7.11 Å². The number of nitrogens with one attached hydrogen (secondary N) is 1. The molecule has 2 saturated heterocycles. The number of halogens is 3. The van der Waals surface area contributed by atoms with E-state index in [9.17, 15) is 18.0 Å². The van der Waals surface area contributed by atoms with Crippen molar-refractivity contribution in [2.24, 2.45) is 0 Å². The Hall–Kier alpha value is -4.62. The number of carbonyl (C=O) groups excluding carboxylic acids is 1. The predicted molar refractivity (Wildman–Crippen MR) is 172 cm³/mol. The van der Waals surface area contributed by atoms with Gasteiger partial charge in [0.25, 0.3) is 5.91 Å². The van der Waals surface area contributed by atoms with Crippen LogP contribution in [0.3, 0.4) is 0 Å². The number of amides is 1. The first-order valence-electron chi connectivity index (χ1n) is 16.0. The van der Waals surface area contributed by atoms with Crippen LogP contribution in [0.5, 0.6) is 17.8 Å². The molecule has 2 aliphatic heterocycles. The second kappa shape index (κ2) is 14.7. The van der Waals surface area contributed by atoms with Crippen molar-refractivity contribution >= 4 is 5.91 Å². The van der Waals surface area contributed by atoms with Gasteiger partial charge in [-0.2, -0.15) is 23.1 Å². The minimum absolute atomic E-state index is 0.0252. The molecule has 4 heterocycles. The molecule has 0 saturated carbocycles. The molecule has 0 aliphatic carbocycles. The zero-order valence-electron chi connectivity index (χ0n) is 26.9. The van der Waals surface area contributed by atoms with E-state index in [0.717, 1.165) is 11.1 Å². The number of piperazine rings is 2. The van der Waals surface area contributed by atoms with Crippen molar-refractivity contribution in [2.75, 3.05) is 53.0 Å². The van der Waals surface area contributed by atoms with E-state index in [1.54, 1.807) is 25.3 Å². The Labute approximate surface area is 277 Å². The molecule has 48 heavy (non-hydrogen) atoms. The van der Waals surface area contributed by atoms with Crippen LogP contribution in [0.25, 0.3) is 0 Å². The highest BCUT2D eigenvalue weighted by atomic mass is 19.4. The Morgan fingerprint density at radius 2 is 1.60 bits per heavy atom. The third-order valence-electron chi connectivity index (χ3n) is 8.82. The number of rotatable bonds is 11. The normalized spacial score (nSPS) is 18.8. The van der Waals surface area contributed by atoms with E-state index in [0.29, 0.717) is 44.0 Å². The molecule has 6 rings (SSSR count). The number of ether oxygens (including phenoxy) is 3. The fourth-order valence-corrected chi connectivity index (χ4v) is 6.83. The molecule has 10 nitrogen and oxygen atoms in total. The van der Waals surface area contributed by atoms with Gasteiger partial charge in [-0.3, -0.25) is 14.6 Å². The summed E-state index contributed by atoms with van der Waals surface area (Å²) in [6.45, 7) is 3.40. The first kappa shape index (κ1) is 33.3. The van der Waals surface area contributed by atoms with Crippen LogP contribution in [0.15, 0.2) is 79.0 Å². The highest BCUT2D eigenvalue weighted by Crippen LogP contribution is 2.38. The second-order valence-electron chi connectivity index (χ2n) is 11.9. The highest BCUT2D eigenvalue weighted by molar-refractivity contribution is 5.92. The van der Waals surface area contributed by atoms with Gasteiger partial charge in [-0.15, -0.1) is 0 Å². The second-order valence-corrected chi connectivity index (χ2v) is 11.9. The average Bonchev–Trinajstić information content (AvgIpc) is 3.64. The number of benzene rings is 2. The van der Waals surface area contributed by atoms with Gasteiger partial charge in [-0.25, -0.2) is 0 Å². The third kappa shape index (κ3) is 7.57. The van der Waals surface area contributed by atoms with Gasteiger partial charge in [0.05, 0.1) is 19.3 Å². The number of fused-ring (bicyclic) bond motifs is 1. The minimum atomic E-state index is -4.58. The van der Waals surface area contributed by atoms with Crippen LogP contribution < -0.4 is 14.2 Å². The number of hydrogen-bond acceptors (Lipinski definition) is 8. The standard InChI is InChI=1S/C35H39F3N6O4/c1-3-47-34-40-31(46-2)27(32(41-34)48-23-35(36,37)38)21-42-19-26-20-43(33(45)28-15-10-16-39-28)17-18-44(26)29(22-42)30(24-11-6-4-7-12-24)25-13-8-5-9-14-25/h4-16,26,29-30,39H,3,17-23H2,1-2H3. The van der Waals surface area contributed by atoms with Gasteiger partial charge in [0.15, 0.2) is 6.61 Å². The molecule has 254 valence electrons. The Morgan fingerprint density at radius 1 is 0.917 bits per heavy atom. The summed E-state index contributed by atoms with van der Waals surface area (Å²) >= 11 is 0. The SMILES string of the molecule is CCOc1nc(OC)c(CN2CC3CN(C(=O)c4ccc[nH]4)CCN3C(C(c3ccccc3)c3ccccc3)C2)c(OCC(F)(F)F)n1. The Kier molecular flexibility index (Phi) is 10.2. The van der Waals surface area contributed by atoms with Crippen LogP contribution in [0.1, 0.15) is 40.0 Å². The van der Waals surface area contributed by atoms with Crippen LogP contribution in [-0.2, 0) is 6.54 Å². The largest absolute Gasteiger partial charge is 0.481 e. The van der Waals surface area contributed by atoms with Gasteiger partial charge in [-0.1, -0.05) is 60.7 Å². The third-order valence-corrected chi connectivity index (χ3v) is 8.82. The molecule has 0 radical (unpaired) electrons. The molecule has 0 spiro atoms. The number of carbonyl (C=O) groups is 1. The van der Waals surface area contributed by atoms with Crippen LogP contribution in [0, 0.1) is 0 Å². The smallest absolute Gasteiger partial charge is 0.422 e. The summed E-state index contributed by atoms with van der Waals surface area (Å²) in [5, 5.41) is 0. The van der Waals surface area contributed by atoms with Crippen molar-refractivity contribution in [1.29, 1.82) is 0 Å². The summed E-state index contributed by atoms with van der Waals surface area (Å²) in [5.41, 5.74) is 3.12. The van der Waals surface area contributed by atoms with Gasteiger partial charge in [-0.05, 0) is 30.2 Å². The van der Waals surface area contributed by atoms with E-state index in [-0.39, 0.29) is 54.8 Å². The molecule has 1 N–H and O–H groups in total. The maximum atomic E-state index is 13.4. The summed E-state index contributed by atoms with van der Waals surface area (Å²) in [7, 11) is 1.40. The monoisotopic (exact) mass is 664 g/mol. The topological polar surface area (TPSA) is 96.0 Å². The number of aromatic nitrogens is 3. The van der Waals surface area contributed by atoms with E-state index >= 15 is 0 Å². The maximum absolute atomic E-state index is 13.4. The molecular formula is C35H39F3N6O4. The Bertz CT molecular complexity index is 1600. The van der Waals surface area contributed by atoms with E-state index in [4.69, 9.17) is 14.2 Å². The molecule has 2 fully saturated rings. The first-order valence-corrected chi connectivity index (χ1v) is 16.0. The van der Waals surface area contributed by atoms with Crippen molar-refractivity contribution in [3.63, 3.8) is 0 Å². The molecule has 2 aromatic carbocycles. The summed E-state index contributed by atoms with van der Waals surface area (Å²) in [6.07, 6.45) is -2.84. The molecule has 0 bridgehead atoms. The van der Waals surface area contributed by atoms with Gasteiger partial charge in [0.2, 0.25) is 11.8 Å². The molecule has 2 aliphatic rings. The van der Waals surface area contributed by atoms with Gasteiger partial charge in [0, 0.05) is 63.5 Å². The summed E-state index contributed by atoms with van der Waals surface area (Å²) < 4.78 is 56.2. The lowest BCUT2D eigenvalue weighted by Crippen LogP contribution is -2.67. The van der Waals surface area contributed by atoms with Gasteiger partial charge in [0.1, 0.15) is 5.69 Å². The van der Waals surface area contributed by atoms with Crippen LogP contribution in [0.2, 0.25) is 0 Å². The maximum Gasteiger partial charge on any atom is 0.422 e. The van der Waals surface area contributed by atoms with Gasteiger partial charge < -0.3 is 24.1 Å². The zero-order chi connectivity index (χ0) is 33.7. The fraction of sp³-hybridized carbons (Fsp3) is 0.400. The Balaban J connectivity index is 1.38. The predicted octanol–water partition coefficient (Wildman–Crippen LogP) is 5.00. The summed E-state index contributed by atoms with van der Waals surface area (Å²) in [5.74, 6) is -0.251. The van der Waals surface area contributed by atoms with Crippen LogP contribution >= 0.6 is 0 Å². The quantitative estimate of drug-likeness (QED) is 0.240. The number of methoxy groups -OCH3 is 1. The molecular weight excluding hydrogens is 625 g/mol. The van der Waals surface area contributed by atoms with Crippen molar-refractivity contribution in [3.05, 3.63) is 101 Å². The lowest BCUT2D eigenvalue weighted by Gasteiger charge is -2.53. The van der Waals surface area contributed by atoms with Crippen LogP contribution in [-0.4, -0.2) is 107 Å². The summed E-state index contributed by atoms with van der Waals surface area (Å²) in [4.78, 5) is 31.5. The number of alkyl halides is 3. The number of nitrogens with zero attached hydrogens (tertiary/aromatic N) is 5. The zero-order valence-corrected chi connectivity index (χ0v) is 26.9. The lowest BCUT2D eigenvalue weighted by molar-refractivity contribution is -0.154. The molecule has 2 atom stereocenters.